The van der Waals surface area contributed by atoms with E-state index in [1.807, 2.05) is 6.92 Å². The molecule has 7 nitrogen and oxygen atoms in total. The number of benzene rings is 1. The molecule has 1 aliphatic rings. The average Bonchev–Trinajstić information content (AvgIpc) is 3.23. The first-order valence-corrected chi connectivity index (χ1v) is 10.0. The maximum Gasteiger partial charge on any atom is 0.294 e. The van der Waals surface area contributed by atoms with Crippen LogP contribution in [0.15, 0.2) is 60.1 Å². The van der Waals surface area contributed by atoms with E-state index in [0.29, 0.717) is 27.6 Å². The van der Waals surface area contributed by atoms with Crippen molar-refractivity contribution in [3.63, 3.8) is 0 Å². The Kier molecular flexibility index (Phi) is 5.09. The van der Waals surface area contributed by atoms with Gasteiger partial charge < -0.3 is 9.84 Å². The molecule has 1 aromatic carbocycles. The van der Waals surface area contributed by atoms with Crippen LogP contribution in [-0.4, -0.2) is 33.9 Å². The van der Waals surface area contributed by atoms with Gasteiger partial charge in [0.1, 0.15) is 5.75 Å². The number of rotatable bonds is 5. The zero-order valence-corrected chi connectivity index (χ0v) is 17.4. The Morgan fingerprint density at radius 3 is 2.67 bits per heavy atom. The van der Waals surface area contributed by atoms with Crippen LogP contribution in [0.2, 0.25) is 0 Å². The molecule has 4 rings (SSSR count). The number of ether oxygens (including phenoxy) is 1. The molecule has 3 aromatic rings. The van der Waals surface area contributed by atoms with Crippen LogP contribution in [0.4, 0.5) is 5.69 Å². The highest BCUT2D eigenvalue weighted by Gasteiger charge is 2.45. The topological polar surface area (TPSA) is 92.6 Å². The molecule has 1 N–H and O–H groups in total. The Bertz CT molecular complexity index is 1170. The van der Waals surface area contributed by atoms with Crippen molar-refractivity contribution in [3.8, 4) is 5.75 Å². The van der Waals surface area contributed by atoms with Crippen LogP contribution in [0, 0.1) is 13.8 Å². The number of anilines is 1. The fourth-order valence-corrected chi connectivity index (χ4v) is 4.46. The van der Waals surface area contributed by atoms with Gasteiger partial charge >= 0.3 is 0 Å². The average molecular weight is 421 g/mol. The van der Waals surface area contributed by atoms with Gasteiger partial charge in [-0.3, -0.25) is 19.5 Å². The lowest BCUT2D eigenvalue weighted by Crippen LogP contribution is -2.31. The minimum Gasteiger partial charge on any atom is -0.503 e. The van der Waals surface area contributed by atoms with Crippen LogP contribution < -0.4 is 9.64 Å². The number of Topliss-reactive ketones (excluding diaryl/α,β-unsaturated/α-hetero) is 1. The Morgan fingerprint density at radius 2 is 2.03 bits per heavy atom. The van der Waals surface area contributed by atoms with Gasteiger partial charge in [0, 0.05) is 24.1 Å². The highest BCUT2D eigenvalue weighted by molar-refractivity contribution is 7.14. The predicted molar refractivity (Wildman–Crippen MR) is 113 cm³/mol. The van der Waals surface area contributed by atoms with Crippen molar-refractivity contribution < 1.29 is 19.4 Å². The van der Waals surface area contributed by atoms with Gasteiger partial charge in [0.2, 0.25) is 5.78 Å². The van der Waals surface area contributed by atoms with Gasteiger partial charge in [0.15, 0.2) is 5.76 Å². The molecule has 152 valence electrons. The number of aryl methyl sites for hydroxylation is 2. The summed E-state index contributed by atoms with van der Waals surface area (Å²) in [6.07, 6.45) is 3.19. The summed E-state index contributed by atoms with van der Waals surface area (Å²) in [7, 11) is 1.53. The molecule has 30 heavy (non-hydrogen) atoms. The number of carbonyl (C=O) groups excluding carboxylic acids is 2. The van der Waals surface area contributed by atoms with Crippen LogP contribution in [0.25, 0.3) is 0 Å². The number of hydrogen-bond acceptors (Lipinski definition) is 7. The molecule has 1 aliphatic heterocycles. The molecule has 0 saturated carbocycles. The summed E-state index contributed by atoms with van der Waals surface area (Å²) in [6.45, 7) is 3.55. The van der Waals surface area contributed by atoms with Gasteiger partial charge in [-0.1, -0.05) is 12.1 Å². The van der Waals surface area contributed by atoms with Crippen LogP contribution in [-0.2, 0) is 4.79 Å². The van der Waals surface area contributed by atoms with E-state index in [2.05, 4.69) is 9.97 Å². The third-order valence-electron chi connectivity index (χ3n) is 4.89. The second-order valence-corrected chi connectivity index (χ2v) is 8.01. The molecular formula is C22H19N3O4S. The lowest BCUT2D eigenvalue weighted by atomic mass is 9.96. The van der Waals surface area contributed by atoms with Gasteiger partial charge in [-0.25, -0.2) is 4.98 Å². The number of aliphatic hydroxyl groups is 1. The normalized spacial score (nSPS) is 16.3. The predicted octanol–water partition coefficient (Wildman–Crippen LogP) is 3.95. The quantitative estimate of drug-likeness (QED) is 0.627. The first kappa shape index (κ1) is 19.8. The Hall–Kier alpha value is -3.52. The van der Waals surface area contributed by atoms with E-state index in [9.17, 15) is 14.7 Å². The second kappa shape index (κ2) is 7.72. The number of ketones is 1. The lowest BCUT2D eigenvalue weighted by Gasteiger charge is -2.26. The van der Waals surface area contributed by atoms with E-state index in [4.69, 9.17) is 4.74 Å². The van der Waals surface area contributed by atoms with Crippen LogP contribution >= 0.6 is 11.3 Å². The van der Waals surface area contributed by atoms with Crippen molar-refractivity contribution in [3.05, 3.63) is 81.3 Å². The van der Waals surface area contributed by atoms with E-state index in [0.717, 1.165) is 5.01 Å². The molecule has 8 heteroatoms. The van der Waals surface area contributed by atoms with Gasteiger partial charge in [0.25, 0.3) is 5.91 Å². The zero-order valence-electron chi connectivity index (χ0n) is 16.6. The van der Waals surface area contributed by atoms with Crippen molar-refractivity contribution >= 4 is 28.7 Å². The smallest absolute Gasteiger partial charge is 0.294 e. The lowest BCUT2D eigenvalue weighted by molar-refractivity contribution is -0.117. The first-order chi connectivity index (χ1) is 14.4. The number of nitrogens with zero attached hydrogens (tertiary/aromatic N) is 3. The molecule has 0 radical (unpaired) electrons. The number of hydrogen-bond donors (Lipinski definition) is 1. The molecule has 3 heterocycles. The summed E-state index contributed by atoms with van der Waals surface area (Å²) in [5.41, 5.74) is 1.70. The first-order valence-electron chi connectivity index (χ1n) is 9.21. The van der Waals surface area contributed by atoms with E-state index in [1.54, 1.807) is 55.7 Å². The summed E-state index contributed by atoms with van der Waals surface area (Å²) in [5.74, 6) is -1.08. The Balaban J connectivity index is 1.89. The number of aromatic nitrogens is 2. The molecule has 2 aromatic heterocycles. The number of aliphatic hydroxyl groups excluding tert-OH is 1. The van der Waals surface area contributed by atoms with Gasteiger partial charge in [-0.05, 0) is 37.6 Å². The maximum absolute atomic E-state index is 13.4. The van der Waals surface area contributed by atoms with E-state index in [-0.39, 0.29) is 5.57 Å². The zero-order chi connectivity index (χ0) is 21.4. The van der Waals surface area contributed by atoms with Crippen LogP contribution in [0.1, 0.15) is 32.0 Å². The summed E-state index contributed by atoms with van der Waals surface area (Å²) < 4.78 is 5.28. The number of thiazole rings is 1. The summed E-state index contributed by atoms with van der Waals surface area (Å²) >= 11 is 1.24. The summed E-state index contributed by atoms with van der Waals surface area (Å²) in [6, 6.07) is 9.59. The van der Waals surface area contributed by atoms with Crippen molar-refractivity contribution in [2.24, 2.45) is 0 Å². The largest absolute Gasteiger partial charge is 0.503 e. The van der Waals surface area contributed by atoms with E-state index < -0.39 is 23.5 Å². The molecule has 0 fully saturated rings. The highest BCUT2D eigenvalue weighted by atomic mass is 32.1. The fourth-order valence-electron chi connectivity index (χ4n) is 3.58. The SMILES string of the molecule is COc1cccc(N2C(=O)C(O)=C(C(=O)c3sc(C)nc3C)C2c2cccnc2)c1. The van der Waals surface area contributed by atoms with Crippen molar-refractivity contribution in [1.29, 1.82) is 0 Å². The molecule has 1 amide bonds. The maximum atomic E-state index is 13.4. The highest BCUT2D eigenvalue weighted by Crippen LogP contribution is 2.43. The second-order valence-electron chi connectivity index (χ2n) is 6.80. The van der Waals surface area contributed by atoms with Crippen molar-refractivity contribution in [1.82, 2.24) is 9.97 Å². The summed E-state index contributed by atoms with van der Waals surface area (Å²) in [4.78, 5) is 36.8. The number of pyridine rings is 1. The van der Waals surface area contributed by atoms with Gasteiger partial charge in [-0.15, -0.1) is 11.3 Å². The minimum atomic E-state index is -0.826. The third-order valence-corrected chi connectivity index (χ3v) is 5.97. The standard InChI is InChI=1S/C22H19N3O4S/c1-12-21(30-13(2)24-12)19(26)17-18(14-6-5-9-23-11-14)25(22(28)20(17)27)15-7-4-8-16(10-15)29-3/h4-11,18,27H,1-3H3. The monoisotopic (exact) mass is 421 g/mol. The molecule has 0 saturated heterocycles. The third kappa shape index (κ3) is 3.25. The summed E-state index contributed by atoms with van der Waals surface area (Å²) in [5, 5.41) is 11.5. The van der Waals surface area contributed by atoms with Crippen LogP contribution in [0.3, 0.4) is 0 Å². The van der Waals surface area contributed by atoms with Gasteiger partial charge in [-0.2, -0.15) is 0 Å². The molecule has 0 aliphatic carbocycles. The number of methoxy groups -OCH3 is 1. The minimum absolute atomic E-state index is 0.0163. The molecule has 1 atom stereocenters. The van der Waals surface area contributed by atoms with E-state index >= 15 is 0 Å². The molecular weight excluding hydrogens is 402 g/mol. The molecule has 0 bridgehead atoms. The van der Waals surface area contributed by atoms with Crippen LogP contribution in [0.5, 0.6) is 5.75 Å². The molecule has 1 unspecified atom stereocenters. The van der Waals surface area contributed by atoms with Gasteiger partial charge in [0.05, 0.1) is 34.3 Å². The van der Waals surface area contributed by atoms with Crippen molar-refractivity contribution in [2.45, 2.75) is 19.9 Å². The molecule has 0 spiro atoms. The fraction of sp³-hybridized carbons (Fsp3) is 0.182. The Labute approximate surface area is 177 Å². The Morgan fingerprint density at radius 1 is 1.23 bits per heavy atom. The number of amides is 1. The van der Waals surface area contributed by atoms with E-state index in [1.165, 1.54) is 23.3 Å². The number of carbonyl (C=O) groups is 2. The van der Waals surface area contributed by atoms with Crippen molar-refractivity contribution in [2.75, 3.05) is 12.0 Å².